The van der Waals surface area contributed by atoms with Crippen molar-refractivity contribution in [1.29, 1.82) is 5.26 Å². The lowest BCUT2D eigenvalue weighted by molar-refractivity contribution is -0.141. The number of hydrogen-bond donors (Lipinski definition) is 0. The molecule has 0 aliphatic rings. The zero-order chi connectivity index (χ0) is 22.8. The maximum absolute atomic E-state index is 13.3. The van der Waals surface area contributed by atoms with Gasteiger partial charge in [0.1, 0.15) is 6.54 Å². The highest BCUT2D eigenvalue weighted by Crippen LogP contribution is 2.22. The van der Waals surface area contributed by atoms with Gasteiger partial charge in [0.2, 0.25) is 0 Å². The van der Waals surface area contributed by atoms with Crippen LogP contribution >= 0.6 is 0 Å². The minimum absolute atomic E-state index is 0.196. The van der Waals surface area contributed by atoms with Gasteiger partial charge >= 0.3 is 6.18 Å². The van der Waals surface area contributed by atoms with Crippen LogP contribution in [0.25, 0.3) is 10.8 Å². The highest BCUT2D eigenvalue weighted by Gasteiger charge is 2.34. The SMILES string of the molecule is CC(C)n1nc(C(=O)N(Cc2ccc(C#N)cc2)CC(F)(F)F)c2ccccc2c1=O. The summed E-state index contributed by atoms with van der Waals surface area (Å²) in [6.07, 6.45) is -4.63. The van der Waals surface area contributed by atoms with E-state index in [0.29, 0.717) is 16.0 Å². The Hall–Kier alpha value is -3.67. The standard InChI is InChI=1S/C22H19F3N4O2/c1-14(2)29-20(30)18-6-4-3-5-17(18)19(27-29)21(31)28(13-22(23,24)25)12-16-9-7-15(11-26)8-10-16/h3-10,14H,12-13H2,1-2H3. The summed E-state index contributed by atoms with van der Waals surface area (Å²) in [6, 6.07) is 13.7. The second-order valence-corrected chi connectivity index (χ2v) is 7.32. The van der Waals surface area contributed by atoms with Crippen molar-refractivity contribution in [3.63, 3.8) is 0 Å². The maximum atomic E-state index is 13.3. The summed E-state index contributed by atoms with van der Waals surface area (Å²) < 4.78 is 40.9. The topological polar surface area (TPSA) is 79.0 Å². The van der Waals surface area contributed by atoms with Gasteiger partial charge in [-0.25, -0.2) is 4.68 Å². The molecular weight excluding hydrogens is 409 g/mol. The van der Waals surface area contributed by atoms with Crippen LogP contribution in [0.3, 0.4) is 0 Å². The van der Waals surface area contributed by atoms with E-state index in [4.69, 9.17) is 5.26 Å². The van der Waals surface area contributed by atoms with Crippen molar-refractivity contribution < 1.29 is 18.0 Å². The molecule has 0 N–H and O–H groups in total. The number of benzene rings is 2. The number of aromatic nitrogens is 2. The van der Waals surface area contributed by atoms with E-state index in [1.807, 2.05) is 6.07 Å². The molecule has 0 aliphatic carbocycles. The van der Waals surface area contributed by atoms with Crippen molar-refractivity contribution in [3.05, 3.63) is 75.7 Å². The van der Waals surface area contributed by atoms with Crippen LogP contribution in [-0.2, 0) is 6.54 Å². The molecule has 0 spiro atoms. The summed E-state index contributed by atoms with van der Waals surface area (Å²) in [7, 11) is 0. The number of fused-ring (bicyclic) bond motifs is 1. The number of carbonyl (C=O) groups is 1. The fraction of sp³-hybridized carbons (Fsp3) is 0.273. The van der Waals surface area contributed by atoms with Gasteiger partial charge in [0, 0.05) is 11.9 Å². The number of carbonyl (C=O) groups excluding carboxylic acids is 1. The molecule has 3 rings (SSSR count). The predicted molar refractivity (Wildman–Crippen MR) is 108 cm³/mol. The summed E-state index contributed by atoms with van der Waals surface area (Å²) >= 11 is 0. The third-order valence-electron chi connectivity index (χ3n) is 4.63. The largest absolute Gasteiger partial charge is 0.406 e. The minimum Gasteiger partial charge on any atom is -0.324 e. The van der Waals surface area contributed by atoms with E-state index < -0.39 is 30.2 Å². The fourth-order valence-electron chi connectivity index (χ4n) is 3.19. The van der Waals surface area contributed by atoms with E-state index in [0.717, 1.165) is 4.68 Å². The first-order valence-corrected chi connectivity index (χ1v) is 9.47. The van der Waals surface area contributed by atoms with Crippen molar-refractivity contribution in [2.24, 2.45) is 0 Å². The number of nitrogens with zero attached hydrogens (tertiary/aromatic N) is 4. The average molecular weight is 428 g/mol. The lowest BCUT2D eigenvalue weighted by Crippen LogP contribution is -2.40. The van der Waals surface area contributed by atoms with Crippen molar-refractivity contribution in [1.82, 2.24) is 14.7 Å². The molecule has 160 valence electrons. The third kappa shape index (κ3) is 4.91. The molecule has 9 heteroatoms. The van der Waals surface area contributed by atoms with Crippen LogP contribution in [0.4, 0.5) is 13.2 Å². The predicted octanol–water partition coefficient (Wildman–Crippen LogP) is 4.05. The molecule has 31 heavy (non-hydrogen) atoms. The molecule has 0 aliphatic heterocycles. The molecule has 3 aromatic rings. The van der Waals surface area contributed by atoms with Gasteiger partial charge < -0.3 is 4.90 Å². The molecule has 0 atom stereocenters. The van der Waals surface area contributed by atoms with Crippen molar-refractivity contribution >= 4 is 16.7 Å². The molecule has 1 amide bonds. The summed E-state index contributed by atoms with van der Waals surface area (Å²) in [5.74, 6) is -0.938. The Bertz CT molecular complexity index is 1210. The van der Waals surface area contributed by atoms with Crippen LogP contribution in [0.5, 0.6) is 0 Å². The second-order valence-electron chi connectivity index (χ2n) is 7.32. The molecule has 0 saturated heterocycles. The number of amides is 1. The molecular formula is C22H19F3N4O2. The first-order valence-electron chi connectivity index (χ1n) is 9.47. The van der Waals surface area contributed by atoms with Crippen LogP contribution < -0.4 is 5.56 Å². The molecule has 0 fully saturated rings. The van der Waals surface area contributed by atoms with Gasteiger partial charge in [0.15, 0.2) is 5.69 Å². The molecule has 1 heterocycles. The monoisotopic (exact) mass is 428 g/mol. The first kappa shape index (κ1) is 22.0. The van der Waals surface area contributed by atoms with Crippen LogP contribution in [0.1, 0.15) is 41.5 Å². The molecule has 0 saturated carbocycles. The Morgan fingerprint density at radius 1 is 1.13 bits per heavy atom. The van der Waals surface area contributed by atoms with Gasteiger partial charge in [-0.15, -0.1) is 0 Å². The fourth-order valence-corrected chi connectivity index (χ4v) is 3.19. The number of alkyl halides is 3. The van der Waals surface area contributed by atoms with Crippen LogP contribution in [0, 0.1) is 11.3 Å². The summed E-state index contributed by atoms with van der Waals surface area (Å²) in [4.78, 5) is 26.6. The molecule has 6 nitrogen and oxygen atoms in total. The average Bonchev–Trinajstić information content (AvgIpc) is 2.72. The van der Waals surface area contributed by atoms with Crippen molar-refractivity contribution in [3.8, 4) is 6.07 Å². The molecule has 2 aromatic carbocycles. The minimum atomic E-state index is -4.63. The van der Waals surface area contributed by atoms with Gasteiger partial charge in [-0.3, -0.25) is 9.59 Å². The Kier molecular flexibility index (Phi) is 6.11. The van der Waals surface area contributed by atoms with Gasteiger partial charge in [0.25, 0.3) is 11.5 Å². The third-order valence-corrected chi connectivity index (χ3v) is 4.63. The van der Waals surface area contributed by atoms with Gasteiger partial charge in [0.05, 0.1) is 23.1 Å². The zero-order valence-electron chi connectivity index (χ0n) is 16.8. The molecule has 0 radical (unpaired) electrons. The van der Waals surface area contributed by atoms with Crippen LogP contribution in [0.15, 0.2) is 53.3 Å². The lowest BCUT2D eigenvalue weighted by atomic mass is 10.1. The summed E-state index contributed by atoms with van der Waals surface area (Å²) in [5.41, 5.74) is 0.144. The smallest absolute Gasteiger partial charge is 0.324 e. The molecule has 1 aromatic heterocycles. The molecule has 0 unspecified atom stereocenters. The number of nitriles is 1. The Balaban J connectivity index is 2.10. The summed E-state index contributed by atoms with van der Waals surface area (Å²) in [6.45, 7) is 1.58. The van der Waals surface area contributed by atoms with Gasteiger partial charge in [-0.2, -0.15) is 23.5 Å². The van der Waals surface area contributed by atoms with E-state index in [2.05, 4.69) is 5.10 Å². The van der Waals surface area contributed by atoms with Crippen LogP contribution in [-0.4, -0.2) is 33.3 Å². The highest BCUT2D eigenvalue weighted by atomic mass is 19.4. The Labute approximate surface area is 176 Å². The highest BCUT2D eigenvalue weighted by molar-refractivity contribution is 6.04. The Morgan fingerprint density at radius 2 is 1.74 bits per heavy atom. The first-order chi connectivity index (χ1) is 14.6. The maximum Gasteiger partial charge on any atom is 0.406 e. The van der Waals surface area contributed by atoms with E-state index >= 15 is 0 Å². The zero-order valence-corrected chi connectivity index (χ0v) is 16.8. The van der Waals surface area contributed by atoms with Crippen molar-refractivity contribution in [2.75, 3.05) is 6.54 Å². The summed E-state index contributed by atoms with van der Waals surface area (Å²) in [5, 5.41) is 13.4. The van der Waals surface area contributed by atoms with Gasteiger partial charge in [-0.1, -0.05) is 30.3 Å². The second kappa shape index (κ2) is 8.60. The van der Waals surface area contributed by atoms with Crippen LogP contribution in [0.2, 0.25) is 0 Å². The molecule has 0 bridgehead atoms. The van der Waals surface area contributed by atoms with Crippen molar-refractivity contribution in [2.45, 2.75) is 32.6 Å². The quantitative estimate of drug-likeness (QED) is 0.614. The lowest BCUT2D eigenvalue weighted by Gasteiger charge is -2.25. The van der Waals surface area contributed by atoms with E-state index in [1.54, 1.807) is 26.0 Å². The van der Waals surface area contributed by atoms with E-state index in [1.165, 1.54) is 36.4 Å². The Morgan fingerprint density at radius 3 is 2.29 bits per heavy atom. The number of halogens is 3. The van der Waals surface area contributed by atoms with E-state index in [-0.39, 0.29) is 23.0 Å². The number of hydrogen-bond acceptors (Lipinski definition) is 4. The number of rotatable bonds is 5. The normalized spacial score (nSPS) is 11.5. The van der Waals surface area contributed by atoms with E-state index in [9.17, 15) is 22.8 Å². The van der Waals surface area contributed by atoms with Gasteiger partial charge in [-0.05, 0) is 37.6 Å².